The van der Waals surface area contributed by atoms with Crippen molar-refractivity contribution in [3.63, 3.8) is 0 Å². The summed E-state index contributed by atoms with van der Waals surface area (Å²) in [4.78, 5) is 8.73. The van der Waals surface area contributed by atoms with Gasteiger partial charge >= 0.3 is 0 Å². The number of hydrogen-bond donors (Lipinski definition) is 1. The van der Waals surface area contributed by atoms with Gasteiger partial charge in [-0.1, -0.05) is 17.7 Å². The standard InChI is InChI=1S/C22H19BrN4O3S/c1-13-3-6-15(7-4-13)31(28,29)27-20(10-17-21(23)25-12-26-22(17)27)18-11-24-19-8-5-14(30-2)9-16(18)19/h3-10,12,18,24H,11H2,1-2H3. The van der Waals surface area contributed by atoms with E-state index in [0.717, 1.165) is 22.6 Å². The Kier molecular flexibility index (Phi) is 4.75. The minimum absolute atomic E-state index is 0.202. The average Bonchev–Trinajstić information content (AvgIpc) is 3.35. The fourth-order valence-electron chi connectivity index (χ4n) is 3.99. The first-order valence-corrected chi connectivity index (χ1v) is 11.9. The molecule has 2 aromatic carbocycles. The van der Waals surface area contributed by atoms with Crippen LogP contribution in [0.3, 0.4) is 0 Å². The van der Waals surface area contributed by atoms with E-state index in [-0.39, 0.29) is 10.8 Å². The van der Waals surface area contributed by atoms with Crippen LogP contribution in [-0.2, 0) is 10.0 Å². The van der Waals surface area contributed by atoms with Crippen molar-refractivity contribution in [2.75, 3.05) is 19.0 Å². The quantitative estimate of drug-likeness (QED) is 0.422. The third kappa shape index (κ3) is 3.19. The number of anilines is 1. The average molecular weight is 499 g/mol. The number of aromatic nitrogens is 3. The number of halogens is 1. The van der Waals surface area contributed by atoms with E-state index < -0.39 is 10.0 Å². The lowest BCUT2D eigenvalue weighted by Crippen LogP contribution is -2.19. The van der Waals surface area contributed by atoms with Crippen LogP contribution in [0.25, 0.3) is 11.0 Å². The number of nitrogens with one attached hydrogen (secondary N) is 1. The largest absolute Gasteiger partial charge is 0.497 e. The second-order valence-electron chi connectivity index (χ2n) is 7.44. The van der Waals surface area contributed by atoms with Crippen LogP contribution in [-0.4, -0.2) is 36.0 Å². The lowest BCUT2D eigenvalue weighted by Gasteiger charge is -2.16. The SMILES string of the molecule is COc1ccc2c(c1)C(c1cc3c(Br)ncnc3n1S(=O)(=O)c1ccc(C)cc1)CN2. The van der Waals surface area contributed by atoms with Crippen molar-refractivity contribution in [2.45, 2.75) is 17.7 Å². The zero-order valence-electron chi connectivity index (χ0n) is 16.8. The van der Waals surface area contributed by atoms with Gasteiger partial charge in [-0.15, -0.1) is 0 Å². The van der Waals surface area contributed by atoms with E-state index in [4.69, 9.17) is 4.74 Å². The predicted molar refractivity (Wildman–Crippen MR) is 122 cm³/mol. The molecule has 9 heteroatoms. The number of methoxy groups -OCH3 is 1. The predicted octanol–water partition coefficient (Wildman–Crippen LogP) is 4.31. The minimum atomic E-state index is -3.90. The Morgan fingerprint density at radius 2 is 1.90 bits per heavy atom. The molecule has 0 saturated heterocycles. The molecular weight excluding hydrogens is 480 g/mol. The molecule has 3 heterocycles. The van der Waals surface area contributed by atoms with Gasteiger partial charge in [-0.3, -0.25) is 0 Å². The van der Waals surface area contributed by atoms with Crippen molar-refractivity contribution < 1.29 is 13.2 Å². The Morgan fingerprint density at radius 1 is 1.13 bits per heavy atom. The number of hydrogen-bond acceptors (Lipinski definition) is 6. The lowest BCUT2D eigenvalue weighted by atomic mass is 9.97. The molecule has 0 radical (unpaired) electrons. The van der Waals surface area contributed by atoms with E-state index in [1.807, 2.05) is 31.2 Å². The molecule has 0 bridgehead atoms. The van der Waals surface area contributed by atoms with E-state index in [1.165, 1.54) is 10.3 Å². The number of nitrogens with zero attached hydrogens (tertiary/aromatic N) is 3. The van der Waals surface area contributed by atoms with Crippen LogP contribution in [0.15, 0.2) is 64.4 Å². The third-order valence-corrected chi connectivity index (χ3v) is 7.94. The van der Waals surface area contributed by atoms with E-state index in [9.17, 15) is 8.42 Å². The second kappa shape index (κ2) is 7.35. The summed E-state index contributed by atoms with van der Waals surface area (Å²) in [6, 6.07) is 14.5. The van der Waals surface area contributed by atoms with Gasteiger partial charge in [0.05, 0.1) is 17.4 Å². The van der Waals surface area contributed by atoms with Crippen molar-refractivity contribution >= 4 is 42.7 Å². The molecule has 0 aliphatic carbocycles. The fraction of sp³-hybridized carbons (Fsp3) is 0.182. The van der Waals surface area contributed by atoms with Crippen LogP contribution in [0, 0.1) is 6.92 Å². The highest BCUT2D eigenvalue weighted by atomic mass is 79.9. The van der Waals surface area contributed by atoms with E-state index in [2.05, 4.69) is 31.2 Å². The Bertz CT molecular complexity index is 1410. The van der Waals surface area contributed by atoms with Crippen molar-refractivity contribution in [3.05, 3.63) is 76.3 Å². The molecule has 0 fully saturated rings. The number of benzene rings is 2. The van der Waals surface area contributed by atoms with Crippen molar-refractivity contribution in [3.8, 4) is 5.75 Å². The monoisotopic (exact) mass is 498 g/mol. The van der Waals surface area contributed by atoms with Crippen LogP contribution in [0.4, 0.5) is 5.69 Å². The molecule has 2 aromatic heterocycles. The summed E-state index contributed by atoms with van der Waals surface area (Å²) in [5, 5.41) is 4.02. The molecule has 1 atom stereocenters. The van der Waals surface area contributed by atoms with Gasteiger partial charge in [-0.25, -0.2) is 22.4 Å². The molecule has 0 saturated carbocycles. The molecule has 5 rings (SSSR count). The van der Waals surface area contributed by atoms with Gasteiger partial charge in [0.1, 0.15) is 16.7 Å². The smallest absolute Gasteiger partial charge is 0.269 e. The van der Waals surface area contributed by atoms with E-state index >= 15 is 0 Å². The molecule has 0 amide bonds. The fourth-order valence-corrected chi connectivity index (χ4v) is 5.90. The number of ether oxygens (including phenoxy) is 1. The van der Waals surface area contributed by atoms with E-state index in [0.29, 0.717) is 27.9 Å². The molecule has 4 aromatic rings. The Balaban J connectivity index is 1.78. The zero-order chi connectivity index (χ0) is 21.8. The van der Waals surface area contributed by atoms with Gasteiger partial charge in [0, 0.05) is 23.8 Å². The maximum atomic E-state index is 13.8. The van der Waals surface area contributed by atoms with Crippen LogP contribution in [0.5, 0.6) is 5.75 Å². The highest BCUT2D eigenvalue weighted by Gasteiger charge is 2.33. The van der Waals surface area contributed by atoms with Gasteiger partial charge in [0.25, 0.3) is 10.0 Å². The van der Waals surface area contributed by atoms with Gasteiger partial charge in [-0.05, 0) is 64.8 Å². The zero-order valence-corrected chi connectivity index (χ0v) is 19.2. The molecule has 1 aliphatic rings. The van der Waals surface area contributed by atoms with Crippen LogP contribution in [0.1, 0.15) is 22.7 Å². The normalized spacial score (nSPS) is 15.6. The third-order valence-electron chi connectivity index (χ3n) is 5.58. The first-order chi connectivity index (χ1) is 14.9. The Hall–Kier alpha value is -2.91. The molecule has 1 aliphatic heterocycles. The summed E-state index contributed by atoms with van der Waals surface area (Å²) in [6.45, 7) is 2.49. The number of fused-ring (bicyclic) bond motifs is 2. The lowest BCUT2D eigenvalue weighted by molar-refractivity contribution is 0.414. The summed E-state index contributed by atoms with van der Waals surface area (Å²) in [6.07, 6.45) is 1.36. The maximum Gasteiger partial charge on any atom is 0.269 e. The first kappa shape index (κ1) is 20.0. The highest BCUT2D eigenvalue weighted by molar-refractivity contribution is 9.10. The molecule has 1 N–H and O–H groups in total. The highest BCUT2D eigenvalue weighted by Crippen LogP contribution is 2.41. The molecule has 1 unspecified atom stereocenters. The van der Waals surface area contributed by atoms with Crippen molar-refractivity contribution in [2.24, 2.45) is 0 Å². The van der Waals surface area contributed by atoms with E-state index in [1.54, 1.807) is 31.4 Å². The summed E-state index contributed by atoms with van der Waals surface area (Å²) >= 11 is 3.45. The minimum Gasteiger partial charge on any atom is -0.497 e. The van der Waals surface area contributed by atoms with Gasteiger partial charge in [-0.2, -0.15) is 0 Å². The molecule has 0 spiro atoms. The summed E-state index contributed by atoms with van der Waals surface area (Å²) < 4.78 is 34.9. The molecular formula is C22H19BrN4O3S. The Labute approximate surface area is 188 Å². The number of aryl methyl sites for hydroxylation is 1. The molecule has 7 nitrogen and oxygen atoms in total. The van der Waals surface area contributed by atoms with Crippen LogP contribution in [0.2, 0.25) is 0 Å². The number of rotatable bonds is 4. The van der Waals surface area contributed by atoms with Gasteiger partial charge < -0.3 is 10.1 Å². The first-order valence-electron chi connectivity index (χ1n) is 9.66. The summed E-state index contributed by atoms with van der Waals surface area (Å²) in [5.74, 6) is 0.517. The molecule has 31 heavy (non-hydrogen) atoms. The topological polar surface area (TPSA) is 86.1 Å². The van der Waals surface area contributed by atoms with Crippen LogP contribution >= 0.6 is 15.9 Å². The summed E-state index contributed by atoms with van der Waals surface area (Å²) in [5.41, 5.74) is 3.89. The maximum absolute atomic E-state index is 13.8. The van der Waals surface area contributed by atoms with Crippen LogP contribution < -0.4 is 10.1 Å². The molecule has 158 valence electrons. The van der Waals surface area contributed by atoms with Gasteiger partial charge in [0.2, 0.25) is 0 Å². The van der Waals surface area contributed by atoms with Crippen molar-refractivity contribution in [1.29, 1.82) is 0 Å². The van der Waals surface area contributed by atoms with Gasteiger partial charge in [0.15, 0.2) is 5.65 Å². The summed E-state index contributed by atoms with van der Waals surface area (Å²) in [7, 11) is -2.28. The van der Waals surface area contributed by atoms with Crippen molar-refractivity contribution in [1.82, 2.24) is 13.9 Å². The second-order valence-corrected chi connectivity index (χ2v) is 9.98. The Morgan fingerprint density at radius 3 is 2.65 bits per heavy atom.